The summed E-state index contributed by atoms with van der Waals surface area (Å²) in [5.41, 5.74) is 1.94. The van der Waals surface area contributed by atoms with E-state index in [2.05, 4.69) is 12.1 Å². The molecule has 0 spiro atoms. The molecule has 1 aromatic carbocycles. The number of hydrogen-bond acceptors (Lipinski definition) is 5. The molecule has 1 fully saturated rings. The zero-order valence-corrected chi connectivity index (χ0v) is 13.7. The van der Waals surface area contributed by atoms with Crippen LogP contribution in [0.3, 0.4) is 0 Å². The summed E-state index contributed by atoms with van der Waals surface area (Å²) >= 11 is 0. The lowest BCUT2D eigenvalue weighted by Crippen LogP contribution is -2.27. The lowest BCUT2D eigenvalue weighted by molar-refractivity contribution is 0.0751. The number of benzene rings is 1. The second kappa shape index (κ2) is 6.19. The molecular formula is C18H20N2O4. The van der Waals surface area contributed by atoms with Gasteiger partial charge in [0.1, 0.15) is 0 Å². The number of nitrogens with zero attached hydrogens (tertiary/aromatic N) is 2. The van der Waals surface area contributed by atoms with Crippen molar-refractivity contribution in [2.75, 3.05) is 19.9 Å². The maximum atomic E-state index is 12.3. The molecule has 1 saturated heterocycles. The van der Waals surface area contributed by atoms with Crippen LogP contribution in [0.2, 0.25) is 0 Å². The molecule has 2 aromatic rings. The molecule has 24 heavy (non-hydrogen) atoms. The Bertz CT molecular complexity index is 749. The van der Waals surface area contributed by atoms with Crippen LogP contribution in [-0.4, -0.2) is 35.8 Å². The van der Waals surface area contributed by atoms with Gasteiger partial charge in [-0.3, -0.25) is 4.79 Å². The minimum atomic E-state index is -0.0541. The predicted molar refractivity (Wildman–Crippen MR) is 86.3 cm³/mol. The maximum absolute atomic E-state index is 12.3. The van der Waals surface area contributed by atoms with Crippen molar-refractivity contribution in [3.05, 3.63) is 41.3 Å². The molecule has 6 heteroatoms. The Hall–Kier alpha value is -2.50. The zero-order chi connectivity index (χ0) is 16.5. The first-order valence-corrected chi connectivity index (χ1v) is 8.35. The second-order valence-electron chi connectivity index (χ2n) is 6.41. The summed E-state index contributed by atoms with van der Waals surface area (Å²) in [6.45, 7) is 3.97. The average Bonchev–Trinajstić information content (AvgIpc) is 3.33. The highest BCUT2D eigenvalue weighted by molar-refractivity contribution is 5.91. The van der Waals surface area contributed by atoms with Crippen molar-refractivity contribution >= 4 is 5.91 Å². The molecule has 1 unspecified atom stereocenters. The zero-order valence-electron chi connectivity index (χ0n) is 13.7. The van der Waals surface area contributed by atoms with Gasteiger partial charge in [-0.15, -0.1) is 0 Å². The van der Waals surface area contributed by atoms with E-state index >= 15 is 0 Å². The summed E-state index contributed by atoms with van der Waals surface area (Å²) < 4.78 is 16.0. The van der Waals surface area contributed by atoms with E-state index in [1.54, 1.807) is 6.07 Å². The monoisotopic (exact) mass is 328 g/mol. The molecule has 0 saturated carbocycles. The fourth-order valence-corrected chi connectivity index (χ4v) is 3.22. The minimum Gasteiger partial charge on any atom is -0.454 e. The van der Waals surface area contributed by atoms with E-state index in [4.69, 9.17) is 14.0 Å². The summed E-state index contributed by atoms with van der Waals surface area (Å²) in [7, 11) is 0. The molecule has 1 amide bonds. The quantitative estimate of drug-likeness (QED) is 0.863. The number of ether oxygens (including phenoxy) is 2. The molecule has 0 bridgehead atoms. The van der Waals surface area contributed by atoms with Gasteiger partial charge in [0.25, 0.3) is 5.91 Å². The molecule has 4 rings (SSSR count). The fourth-order valence-electron chi connectivity index (χ4n) is 3.22. The predicted octanol–water partition coefficient (Wildman–Crippen LogP) is 2.99. The fraction of sp³-hybridized carbons (Fsp3) is 0.444. The number of rotatable bonds is 4. The Morgan fingerprint density at radius 1 is 1.21 bits per heavy atom. The highest BCUT2D eigenvalue weighted by atomic mass is 16.7. The Balaban J connectivity index is 1.45. The van der Waals surface area contributed by atoms with Gasteiger partial charge in [0, 0.05) is 25.1 Å². The number of aromatic nitrogens is 1. The van der Waals surface area contributed by atoms with Gasteiger partial charge in [-0.1, -0.05) is 18.1 Å². The first-order valence-electron chi connectivity index (χ1n) is 8.35. The molecule has 2 aliphatic heterocycles. The smallest absolute Gasteiger partial charge is 0.292 e. The van der Waals surface area contributed by atoms with E-state index in [1.165, 1.54) is 0 Å². The van der Waals surface area contributed by atoms with Crippen LogP contribution < -0.4 is 9.47 Å². The Morgan fingerprint density at radius 2 is 2.00 bits per heavy atom. The number of amides is 1. The van der Waals surface area contributed by atoms with E-state index < -0.39 is 0 Å². The largest absolute Gasteiger partial charge is 0.454 e. The third-order valence-corrected chi connectivity index (χ3v) is 4.62. The Labute approximate surface area is 140 Å². The molecule has 3 heterocycles. The van der Waals surface area contributed by atoms with Crippen molar-refractivity contribution < 1.29 is 18.8 Å². The van der Waals surface area contributed by atoms with Crippen molar-refractivity contribution in [3.8, 4) is 11.5 Å². The number of carbonyl (C=O) groups excluding carboxylic acids is 1. The van der Waals surface area contributed by atoms with E-state index in [9.17, 15) is 4.79 Å². The number of hydrogen-bond donors (Lipinski definition) is 0. The highest BCUT2D eigenvalue weighted by Crippen LogP contribution is 2.34. The Morgan fingerprint density at radius 3 is 2.83 bits per heavy atom. The van der Waals surface area contributed by atoms with Crippen LogP contribution in [0.4, 0.5) is 0 Å². The second-order valence-corrected chi connectivity index (χ2v) is 6.41. The summed E-state index contributed by atoms with van der Waals surface area (Å²) in [6, 6.07) is 7.73. The molecule has 1 atom stereocenters. The highest BCUT2D eigenvalue weighted by Gasteiger charge is 2.24. The van der Waals surface area contributed by atoms with E-state index in [1.807, 2.05) is 23.1 Å². The summed E-state index contributed by atoms with van der Waals surface area (Å²) in [5, 5.41) is 4.10. The molecule has 0 radical (unpaired) electrons. The van der Waals surface area contributed by atoms with Crippen molar-refractivity contribution in [2.45, 2.75) is 32.1 Å². The van der Waals surface area contributed by atoms with E-state index in [0.29, 0.717) is 5.76 Å². The third kappa shape index (κ3) is 2.84. The van der Waals surface area contributed by atoms with Gasteiger partial charge in [-0.25, -0.2) is 0 Å². The summed E-state index contributed by atoms with van der Waals surface area (Å²) in [5.74, 6) is 2.00. The van der Waals surface area contributed by atoms with Gasteiger partial charge >= 0.3 is 0 Å². The molecular weight excluding hydrogens is 308 g/mol. The first-order chi connectivity index (χ1) is 11.7. The molecule has 2 aliphatic rings. The standard InChI is InChI=1S/C18H20N2O4/c1-12(8-13-4-5-15-16(9-13)23-11-22-15)14-10-17(24-19-14)18(21)20-6-2-3-7-20/h4-5,9-10,12H,2-3,6-8,11H2,1H3. The van der Waals surface area contributed by atoms with Gasteiger partial charge in [-0.05, 0) is 37.0 Å². The first kappa shape index (κ1) is 15.1. The summed E-state index contributed by atoms with van der Waals surface area (Å²) in [6.07, 6.45) is 2.92. The van der Waals surface area contributed by atoms with Gasteiger partial charge < -0.3 is 18.9 Å². The molecule has 0 aliphatic carbocycles. The van der Waals surface area contributed by atoms with E-state index in [0.717, 1.165) is 55.1 Å². The van der Waals surface area contributed by atoms with Crippen LogP contribution >= 0.6 is 0 Å². The van der Waals surface area contributed by atoms with Crippen LogP contribution in [0.5, 0.6) is 11.5 Å². The van der Waals surface area contributed by atoms with Crippen LogP contribution in [0.1, 0.15) is 47.5 Å². The van der Waals surface area contributed by atoms with Crippen LogP contribution in [0.25, 0.3) is 0 Å². The van der Waals surface area contributed by atoms with Crippen LogP contribution in [-0.2, 0) is 6.42 Å². The van der Waals surface area contributed by atoms with Gasteiger partial charge in [0.05, 0.1) is 5.69 Å². The minimum absolute atomic E-state index is 0.0541. The third-order valence-electron chi connectivity index (χ3n) is 4.62. The molecule has 0 N–H and O–H groups in total. The Kier molecular flexibility index (Phi) is 3.88. The number of likely N-dealkylation sites (tertiary alicyclic amines) is 1. The lowest BCUT2D eigenvalue weighted by Gasteiger charge is -2.12. The summed E-state index contributed by atoms with van der Waals surface area (Å²) in [4.78, 5) is 14.2. The normalized spacial score (nSPS) is 17.3. The number of fused-ring (bicyclic) bond motifs is 1. The average molecular weight is 328 g/mol. The molecule has 1 aromatic heterocycles. The lowest BCUT2D eigenvalue weighted by atomic mass is 9.97. The molecule has 6 nitrogen and oxygen atoms in total. The van der Waals surface area contributed by atoms with Crippen molar-refractivity contribution in [2.24, 2.45) is 0 Å². The topological polar surface area (TPSA) is 64.8 Å². The van der Waals surface area contributed by atoms with Crippen molar-refractivity contribution in [3.63, 3.8) is 0 Å². The molecule has 126 valence electrons. The van der Waals surface area contributed by atoms with Gasteiger partial charge in [0.15, 0.2) is 11.5 Å². The van der Waals surface area contributed by atoms with Crippen LogP contribution in [0.15, 0.2) is 28.8 Å². The van der Waals surface area contributed by atoms with Gasteiger partial charge in [0.2, 0.25) is 12.6 Å². The SMILES string of the molecule is CC(Cc1ccc2c(c1)OCO2)c1cc(C(=O)N2CCCC2)on1. The van der Waals surface area contributed by atoms with Crippen LogP contribution in [0, 0.1) is 0 Å². The van der Waals surface area contributed by atoms with Crippen molar-refractivity contribution in [1.29, 1.82) is 0 Å². The maximum Gasteiger partial charge on any atom is 0.292 e. The van der Waals surface area contributed by atoms with Gasteiger partial charge in [-0.2, -0.15) is 0 Å². The number of carbonyl (C=O) groups is 1. The van der Waals surface area contributed by atoms with E-state index in [-0.39, 0.29) is 18.6 Å². The van der Waals surface area contributed by atoms with Crippen molar-refractivity contribution in [1.82, 2.24) is 10.1 Å².